The van der Waals surface area contributed by atoms with Crippen molar-refractivity contribution in [1.82, 2.24) is 0 Å². The number of anilines is 1. The molecule has 1 amide bonds. The van der Waals surface area contributed by atoms with Crippen LogP contribution in [0.4, 0.5) is 5.69 Å². The molecule has 1 aromatic carbocycles. The summed E-state index contributed by atoms with van der Waals surface area (Å²) >= 11 is 0. The van der Waals surface area contributed by atoms with Crippen molar-refractivity contribution in [3.63, 3.8) is 0 Å². The van der Waals surface area contributed by atoms with E-state index in [1.165, 1.54) is 18.4 Å². The van der Waals surface area contributed by atoms with E-state index in [4.69, 9.17) is 0 Å². The average Bonchev–Trinajstić information content (AvgIpc) is 3.02. The first kappa shape index (κ1) is 9.25. The second-order valence-corrected chi connectivity index (χ2v) is 3.76. The maximum absolute atomic E-state index is 11.3. The van der Waals surface area contributed by atoms with Crippen LogP contribution in [0.3, 0.4) is 0 Å². The van der Waals surface area contributed by atoms with Gasteiger partial charge in [0.25, 0.3) is 0 Å². The van der Waals surface area contributed by atoms with Crippen molar-refractivity contribution in [2.45, 2.75) is 32.1 Å². The molecule has 2 heteroatoms. The summed E-state index contributed by atoms with van der Waals surface area (Å²) in [6.45, 7) is 1.87. The first-order valence-electron chi connectivity index (χ1n) is 5.20. The van der Waals surface area contributed by atoms with E-state index in [0.29, 0.717) is 12.3 Å². The molecule has 2 nitrogen and oxygen atoms in total. The summed E-state index contributed by atoms with van der Waals surface area (Å²) in [5.74, 6) is 0.779. The summed E-state index contributed by atoms with van der Waals surface area (Å²) in [7, 11) is 0. The zero-order valence-electron chi connectivity index (χ0n) is 8.42. The second-order valence-electron chi connectivity index (χ2n) is 3.76. The largest absolute Gasteiger partial charge is 0.326 e. The number of hydrogen-bond acceptors (Lipinski definition) is 1. The summed E-state index contributed by atoms with van der Waals surface area (Å²) in [6, 6.07) is 8.11. The minimum Gasteiger partial charge on any atom is -0.326 e. The lowest BCUT2D eigenvalue weighted by atomic mass is 10.1. The zero-order valence-corrected chi connectivity index (χ0v) is 8.42. The van der Waals surface area contributed by atoms with Gasteiger partial charge in [0.15, 0.2) is 0 Å². The number of hydrogen-bond donors (Lipinski definition) is 1. The molecule has 1 aliphatic carbocycles. The van der Waals surface area contributed by atoms with Crippen molar-refractivity contribution < 1.29 is 4.79 Å². The van der Waals surface area contributed by atoms with E-state index in [2.05, 4.69) is 11.4 Å². The fourth-order valence-electron chi connectivity index (χ4n) is 1.60. The Kier molecular flexibility index (Phi) is 2.53. The average molecular weight is 189 g/mol. The molecule has 2 rings (SSSR count). The van der Waals surface area contributed by atoms with Crippen LogP contribution in [0.5, 0.6) is 0 Å². The first-order valence-corrected chi connectivity index (χ1v) is 5.20. The van der Waals surface area contributed by atoms with Crippen molar-refractivity contribution in [1.29, 1.82) is 0 Å². The molecule has 1 saturated carbocycles. The van der Waals surface area contributed by atoms with Gasteiger partial charge in [0.05, 0.1) is 0 Å². The molecule has 0 saturated heterocycles. The number of benzene rings is 1. The van der Waals surface area contributed by atoms with E-state index in [0.717, 1.165) is 5.69 Å². The van der Waals surface area contributed by atoms with E-state index in [9.17, 15) is 4.79 Å². The van der Waals surface area contributed by atoms with Crippen molar-refractivity contribution in [2.24, 2.45) is 0 Å². The highest BCUT2D eigenvalue weighted by Gasteiger charge is 2.25. The molecule has 0 aromatic heterocycles. The Labute approximate surface area is 84.3 Å². The van der Waals surface area contributed by atoms with Crippen molar-refractivity contribution >= 4 is 11.6 Å². The van der Waals surface area contributed by atoms with Gasteiger partial charge in [0, 0.05) is 12.1 Å². The standard InChI is InChI=1S/C12H15NO/c1-2-12(14)13-11-6-4-3-5-10(11)9-7-8-9/h3-6,9H,2,7-8H2,1H3,(H,13,14). The summed E-state index contributed by atoms with van der Waals surface area (Å²) in [4.78, 5) is 11.3. The quantitative estimate of drug-likeness (QED) is 0.778. The molecule has 14 heavy (non-hydrogen) atoms. The smallest absolute Gasteiger partial charge is 0.224 e. The zero-order chi connectivity index (χ0) is 9.97. The Morgan fingerprint density at radius 1 is 1.43 bits per heavy atom. The van der Waals surface area contributed by atoms with Gasteiger partial charge in [-0.1, -0.05) is 25.1 Å². The summed E-state index contributed by atoms with van der Waals surface area (Å²) < 4.78 is 0. The third-order valence-electron chi connectivity index (χ3n) is 2.57. The molecule has 0 radical (unpaired) electrons. The molecule has 0 heterocycles. The first-order chi connectivity index (χ1) is 6.81. The molecule has 0 bridgehead atoms. The summed E-state index contributed by atoms with van der Waals surface area (Å²) in [6.07, 6.45) is 3.07. The van der Waals surface area contributed by atoms with Crippen LogP contribution in [0.2, 0.25) is 0 Å². The highest BCUT2D eigenvalue weighted by atomic mass is 16.1. The second kappa shape index (κ2) is 3.82. The molecule has 1 N–H and O–H groups in total. The van der Waals surface area contributed by atoms with Crippen LogP contribution in [-0.4, -0.2) is 5.91 Å². The van der Waals surface area contributed by atoms with E-state index < -0.39 is 0 Å². The number of amides is 1. The minimum absolute atomic E-state index is 0.0955. The third kappa shape index (κ3) is 1.95. The lowest BCUT2D eigenvalue weighted by Gasteiger charge is -2.08. The molecular weight excluding hydrogens is 174 g/mol. The molecule has 0 spiro atoms. The van der Waals surface area contributed by atoms with E-state index in [-0.39, 0.29) is 5.91 Å². The van der Waals surface area contributed by atoms with Crippen molar-refractivity contribution in [3.05, 3.63) is 29.8 Å². The van der Waals surface area contributed by atoms with Crippen LogP contribution in [0.25, 0.3) is 0 Å². The third-order valence-corrected chi connectivity index (χ3v) is 2.57. The van der Waals surface area contributed by atoms with Gasteiger partial charge >= 0.3 is 0 Å². The van der Waals surface area contributed by atoms with E-state index >= 15 is 0 Å². The van der Waals surface area contributed by atoms with Crippen LogP contribution < -0.4 is 5.32 Å². The lowest BCUT2D eigenvalue weighted by molar-refractivity contribution is -0.115. The Bertz CT molecular complexity index is 342. The Balaban J connectivity index is 2.18. The molecule has 0 unspecified atom stereocenters. The van der Waals surface area contributed by atoms with Gasteiger partial charge < -0.3 is 5.32 Å². The number of nitrogens with one attached hydrogen (secondary N) is 1. The molecular formula is C12H15NO. The molecule has 1 fully saturated rings. The maximum Gasteiger partial charge on any atom is 0.224 e. The lowest BCUT2D eigenvalue weighted by Crippen LogP contribution is -2.10. The molecule has 0 aliphatic heterocycles. The fourth-order valence-corrected chi connectivity index (χ4v) is 1.60. The van der Waals surface area contributed by atoms with Crippen LogP contribution in [-0.2, 0) is 4.79 Å². The van der Waals surface area contributed by atoms with Crippen LogP contribution in [0.1, 0.15) is 37.7 Å². The highest BCUT2D eigenvalue weighted by Crippen LogP contribution is 2.43. The van der Waals surface area contributed by atoms with Gasteiger partial charge in [0.2, 0.25) is 5.91 Å². The Hall–Kier alpha value is -1.31. The van der Waals surface area contributed by atoms with E-state index in [1.807, 2.05) is 25.1 Å². The topological polar surface area (TPSA) is 29.1 Å². The predicted molar refractivity (Wildman–Crippen MR) is 57.3 cm³/mol. The van der Waals surface area contributed by atoms with Gasteiger partial charge in [-0.15, -0.1) is 0 Å². The highest BCUT2D eigenvalue weighted by molar-refractivity contribution is 5.91. The van der Waals surface area contributed by atoms with Crippen molar-refractivity contribution in [2.75, 3.05) is 5.32 Å². The van der Waals surface area contributed by atoms with Crippen molar-refractivity contribution in [3.8, 4) is 0 Å². The number of carbonyl (C=O) groups excluding carboxylic acids is 1. The SMILES string of the molecule is CCC(=O)Nc1ccccc1C1CC1. The van der Waals surface area contributed by atoms with Gasteiger partial charge in [0.1, 0.15) is 0 Å². The van der Waals surface area contributed by atoms with Gasteiger partial charge in [-0.2, -0.15) is 0 Å². The minimum atomic E-state index is 0.0955. The van der Waals surface area contributed by atoms with Crippen LogP contribution in [0.15, 0.2) is 24.3 Å². The summed E-state index contributed by atoms with van der Waals surface area (Å²) in [5, 5.41) is 2.94. The Morgan fingerprint density at radius 2 is 2.14 bits per heavy atom. The van der Waals surface area contributed by atoms with Crippen LogP contribution in [0, 0.1) is 0 Å². The monoisotopic (exact) mass is 189 g/mol. The number of rotatable bonds is 3. The maximum atomic E-state index is 11.3. The predicted octanol–water partition coefficient (Wildman–Crippen LogP) is 2.91. The molecule has 1 aliphatic rings. The van der Waals surface area contributed by atoms with Gasteiger partial charge in [-0.3, -0.25) is 4.79 Å². The molecule has 0 atom stereocenters. The van der Waals surface area contributed by atoms with Gasteiger partial charge in [-0.25, -0.2) is 0 Å². The summed E-state index contributed by atoms with van der Waals surface area (Å²) in [5.41, 5.74) is 2.30. The molecule has 1 aromatic rings. The van der Waals surface area contributed by atoms with Crippen LogP contribution >= 0.6 is 0 Å². The number of para-hydroxylation sites is 1. The Morgan fingerprint density at radius 3 is 2.79 bits per heavy atom. The number of carbonyl (C=O) groups is 1. The normalized spacial score (nSPS) is 15.2. The van der Waals surface area contributed by atoms with E-state index in [1.54, 1.807) is 0 Å². The van der Waals surface area contributed by atoms with Gasteiger partial charge in [-0.05, 0) is 30.4 Å². The fraction of sp³-hybridized carbons (Fsp3) is 0.417. The molecule has 74 valence electrons.